The summed E-state index contributed by atoms with van der Waals surface area (Å²) in [5.41, 5.74) is 6.24. The lowest BCUT2D eigenvalue weighted by molar-refractivity contribution is -0.142. The van der Waals surface area contributed by atoms with Crippen molar-refractivity contribution < 1.29 is 9.90 Å². The van der Waals surface area contributed by atoms with E-state index in [9.17, 15) is 4.79 Å². The monoisotopic (exact) mass is 239 g/mol. The Hall–Kier alpha value is -1.36. The van der Waals surface area contributed by atoms with Crippen LogP contribution in [0, 0.1) is 5.92 Å². The summed E-state index contributed by atoms with van der Waals surface area (Å²) in [6.07, 6.45) is 3.72. The number of hydrogen-bond donors (Lipinski definition) is 2. The van der Waals surface area contributed by atoms with Gasteiger partial charge in [0.25, 0.3) is 0 Å². The molecule has 1 rings (SSSR count). The molecule has 0 saturated heterocycles. The second kappa shape index (κ2) is 6.39. The second-order valence-corrected chi connectivity index (χ2v) is 4.55. The normalized spacial score (nSPS) is 12.9. The molecule has 0 aromatic carbocycles. The fraction of sp³-hybridized carbons (Fsp3) is 0.667. The minimum Gasteiger partial charge on any atom is -0.481 e. The van der Waals surface area contributed by atoms with Gasteiger partial charge in [-0.25, -0.2) is 0 Å². The van der Waals surface area contributed by atoms with Gasteiger partial charge in [-0.15, -0.1) is 0 Å². The van der Waals surface area contributed by atoms with E-state index in [4.69, 9.17) is 10.8 Å². The lowest BCUT2D eigenvalue weighted by atomic mass is 9.98. The fourth-order valence-corrected chi connectivity index (χ4v) is 1.70. The summed E-state index contributed by atoms with van der Waals surface area (Å²) in [5.74, 6) is -1.15. The molecule has 0 aliphatic heterocycles. The molecule has 1 aromatic heterocycles. The number of hydrogen-bond acceptors (Lipinski definition) is 3. The number of nitrogens with zero attached hydrogens (tertiary/aromatic N) is 2. The highest BCUT2D eigenvalue weighted by atomic mass is 16.4. The van der Waals surface area contributed by atoms with Gasteiger partial charge in [0.05, 0.1) is 11.6 Å². The molecule has 96 valence electrons. The Morgan fingerprint density at radius 2 is 2.29 bits per heavy atom. The largest absolute Gasteiger partial charge is 0.481 e. The third-order valence-electron chi connectivity index (χ3n) is 2.75. The highest BCUT2D eigenvalue weighted by Gasteiger charge is 2.18. The standard InChI is InChI=1S/C12H21N3O2/c1-9(2)15-7-5-11(14-15)8-10(12(16)17)4-3-6-13/h5,7,9-10H,3-4,6,8,13H2,1-2H3,(H,16,17). The van der Waals surface area contributed by atoms with Crippen LogP contribution in [-0.4, -0.2) is 27.4 Å². The Morgan fingerprint density at radius 1 is 1.59 bits per heavy atom. The summed E-state index contributed by atoms with van der Waals surface area (Å²) in [6, 6.07) is 2.19. The minimum atomic E-state index is -0.766. The van der Waals surface area contributed by atoms with Crippen LogP contribution in [0.3, 0.4) is 0 Å². The van der Waals surface area contributed by atoms with E-state index in [2.05, 4.69) is 5.10 Å². The molecule has 0 fully saturated rings. The summed E-state index contributed by atoms with van der Waals surface area (Å²) < 4.78 is 1.84. The van der Waals surface area contributed by atoms with E-state index >= 15 is 0 Å². The first-order chi connectivity index (χ1) is 8.04. The molecule has 1 unspecified atom stereocenters. The predicted octanol–water partition coefficient (Wildman–Crippen LogP) is 1.45. The Bertz CT molecular complexity index is 360. The zero-order chi connectivity index (χ0) is 12.8. The van der Waals surface area contributed by atoms with Gasteiger partial charge in [0.15, 0.2) is 0 Å². The maximum Gasteiger partial charge on any atom is 0.306 e. The van der Waals surface area contributed by atoms with Crippen molar-refractivity contribution >= 4 is 5.97 Å². The zero-order valence-electron chi connectivity index (χ0n) is 10.5. The van der Waals surface area contributed by atoms with Crippen molar-refractivity contribution in [1.29, 1.82) is 0 Å². The highest BCUT2D eigenvalue weighted by Crippen LogP contribution is 2.14. The van der Waals surface area contributed by atoms with Crippen LogP contribution in [0.1, 0.15) is 38.4 Å². The molecule has 5 nitrogen and oxygen atoms in total. The number of carbonyl (C=O) groups is 1. The lowest BCUT2D eigenvalue weighted by Crippen LogP contribution is -2.18. The number of carboxylic acids is 1. The van der Waals surface area contributed by atoms with Crippen molar-refractivity contribution in [2.24, 2.45) is 11.7 Å². The molecule has 0 aliphatic carbocycles. The smallest absolute Gasteiger partial charge is 0.306 e. The zero-order valence-corrected chi connectivity index (χ0v) is 10.5. The molecule has 0 spiro atoms. The molecule has 1 aromatic rings. The van der Waals surface area contributed by atoms with E-state index in [1.807, 2.05) is 30.8 Å². The second-order valence-electron chi connectivity index (χ2n) is 4.55. The molecule has 5 heteroatoms. The van der Waals surface area contributed by atoms with Crippen LogP contribution in [0.4, 0.5) is 0 Å². The van der Waals surface area contributed by atoms with Crippen LogP contribution in [0.5, 0.6) is 0 Å². The van der Waals surface area contributed by atoms with Gasteiger partial charge in [-0.1, -0.05) is 0 Å². The van der Waals surface area contributed by atoms with E-state index in [0.717, 1.165) is 12.1 Å². The molecule has 0 amide bonds. The first kappa shape index (κ1) is 13.7. The Labute approximate surface area is 102 Å². The van der Waals surface area contributed by atoms with Crippen LogP contribution in [0.2, 0.25) is 0 Å². The van der Waals surface area contributed by atoms with Gasteiger partial charge in [-0.05, 0) is 39.3 Å². The number of nitrogens with two attached hydrogens (primary N) is 1. The summed E-state index contributed by atoms with van der Waals surface area (Å²) in [7, 11) is 0. The average Bonchev–Trinajstić information content (AvgIpc) is 2.72. The van der Waals surface area contributed by atoms with Crippen LogP contribution in [-0.2, 0) is 11.2 Å². The summed E-state index contributed by atoms with van der Waals surface area (Å²) >= 11 is 0. The van der Waals surface area contributed by atoms with E-state index < -0.39 is 5.97 Å². The maximum atomic E-state index is 11.1. The van der Waals surface area contributed by atoms with Crippen molar-refractivity contribution in [3.05, 3.63) is 18.0 Å². The van der Waals surface area contributed by atoms with Crippen molar-refractivity contribution in [3.63, 3.8) is 0 Å². The first-order valence-corrected chi connectivity index (χ1v) is 6.01. The molecule has 0 bridgehead atoms. The topological polar surface area (TPSA) is 81.1 Å². The van der Waals surface area contributed by atoms with Gasteiger partial charge in [-0.2, -0.15) is 5.10 Å². The van der Waals surface area contributed by atoms with Gasteiger partial charge in [0, 0.05) is 18.7 Å². The molecule has 0 aliphatic rings. The summed E-state index contributed by atoms with van der Waals surface area (Å²) in [4.78, 5) is 11.1. The lowest BCUT2D eigenvalue weighted by Gasteiger charge is -2.10. The highest BCUT2D eigenvalue weighted by molar-refractivity contribution is 5.70. The van der Waals surface area contributed by atoms with Crippen molar-refractivity contribution in [2.45, 2.75) is 39.2 Å². The van der Waals surface area contributed by atoms with E-state index in [1.165, 1.54) is 0 Å². The van der Waals surface area contributed by atoms with Gasteiger partial charge >= 0.3 is 5.97 Å². The molecule has 3 N–H and O–H groups in total. The molecule has 17 heavy (non-hydrogen) atoms. The quantitative estimate of drug-likeness (QED) is 0.754. The van der Waals surface area contributed by atoms with Crippen molar-refractivity contribution in [1.82, 2.24) is 9.78 Å². The predicted molar refractivity (Wildman–Crippen MR) is 65.7 cm³/mol. The molecule has 0 saturated carbocycles. The summed E-state index contributed by atoms with van der Waals surface area (Å²) in [6.45, 7) is 4.62. The van der Waals surface area contributed by atoms with Crippen molar-refractivity contribution in [3.8, 4) is 0 Å². The van der Waals surface area contributed by atoms with E-state index in [1.54, 1.807) is 0 Å². The minimum absolute atomic E-state index is 0.302. The Kier molecular flexibility index (Phi) is 5.15. The first-order valence-electron chi connectivity index (χ1n) is 6.01. The third-order valence-corrected chi connectivity index (χ3v) is 2.75. The Morgan fingerprint density at radius 3 is 2.76 bits per heavy atom. The molecule has 1 heterocycles. The molecule has 0 radical (unpaired) electrons. The number of rotatable bonds is 7. The maximum absolute atomic E-state index is 11.1. The van der Waals surface area contributed by atoms with Crippen LogP contribution in [0.25, 0.3) is 0 Å². The van der Waals surface area contributed by atoms with Crippen LogP contribution < -0.4 is 5.73 Å². The van der Waals surface area contributed by atoms with Gasteiger partial charge in [0.1, 0.15) is 0 Å². The van der Waals surface area contributed by atoms with Gasteiger partial charge in [-0.3, -0.25) is 9.48 Å². The SMILES string of the molecule is CC(C)n1ccc(CC(CCCN)C(=O)O)n1. The molecular formula is C12H21N3O2. The Balaban J connectivity index is 2.62. The number of carboxylic acid groups (broad SMARTS) is 1. The average molecular weight is 239 g/mol. The summed E-state index contributed by atoms with van der Waals surface area (Å²) in [5, 5.41) is 13.5. The van der Waals surface area contributed by atoms with E-state index in [-0.39, 0.29) is 5.92 Å². The van der Waals surface area contributed by atoms with Gasteiger partial charge in [0.2, 0.25) is 0 Å². The van der Waals surface area contributed by atoms with Crippen LogP contribution in [0.15, 0.2) is 12.3 Å². The van der Waals surface area contributed by atoms with Gasteiger partial charge < -0.3 is 10.8 Å². The van der Waals surface area contributed by atoms with Crippen LogP contribution >= 0.6 is 0 Å². The van der Waals surface area contributed by atoms with E-state index in [0.29, 0.717) is 25.4 Å². The fourth-order valence-electron chi connectivity index (χ4n) is 1.70. The third kappa shape index (κ3) is 4.19. The molecule has 1 atom stereocenters. The van der Waals surface area contributed by atoms with Crippen molar-refractivity contribution in [2.75, 3.05) is 6.54 Å². The number of aliphatic carboxylic acids is 1. The number of aromatic nitrogens is 2. The molecular weight excluding hydrogens is 218 g/mol.